The number of hydrogen-bond donors (Lipinski definition) is 2. The largest absolute Gasteiger partial charge is 0.329 e. The first-order chi connectivity index (χ1) is 23.1. The molecule has 4 fully saturated rings. The van der Waals surface area contributed by atoms with Crippen LogP contribution in [0.5, 0.6) is 0 Å². The van der Waals surface area contributed by atoms with Crippen molar-refractivity contribution in [3.8, 4) is 22.5 Å². The molecule has 10 nitrogen and oxygen atoms in total. The molecule has 4 atom stereocenters. The Morgan fingerprint density at radius 1 is 0.633 bits per heavy atom. The molecule has 8 rings (SSSR count). The van der Waals surface area contributed by atoms with Gasteiger partial charge >= 0.3 is 12.1 Å². The standard InChI is InChI=1S/2C17H13ClFN3O2.CH4/c2*18-12-5-9(1-3-13(12)19)14-4-2-10(7-20-14)11-6-15(11)22-16(23)8-21-17(22)24;/h2*1-5,7,11,15H,6,8H2,(H,21,24);1H4/t2*11-,15+;/m10./s1. The molecule has 2 aliphatic carbocycles. The van der Waals surface area contributed by atoms with Crippen LogP contribution in [0.1, 0.15) is 43.2 Å². The SMILES string of the molecule is C.O=C1CNC(=O)N1[C@@H]1C[C@H]1c1ccc(-c2ccc(F)c(Cl)c2)nc1.O=C1CNC(=O)N1[C@H]1C[C@@H]1c1ccc(-c2ccc(F)c(Cl)c2)nc1. The number of nitrogens with one attached hydrogen (secondary N) is 2. The van der Waals surface area contributed by atoms with Crippen LogP contribution in [0, 0.1) is 11.6 Å². The highest BCUT2D eigenvalue weighted by Crippen LogP contribution is 2.46. The zero-order valence-corrected chi connectivity index (χ0v) is 26.5. The molecule has 0 bridgehead atoms. The summed E-state index contributed by atoms with van der Waals surface area (Å²) in [6.07, 6.45) is 4.97. The molecule has 0 spiro atoms. The summed E-state index contributed by atoms with van der Waals surface area (Å²) in [5, 5.41) is 5.17. The monoisotopic (exact) mass is 706 g/mol. The fraction of sp³-hybridized carbons (Fsp3) is 0.257. The second-order valence-corrected chi connectivity index (χ2v) is 12.7. The van der Waals surface area contributed by atoms with Crippen molar-refractivity contribution in [1.82, 2.24) is 30.4 Å². The van der Waals surface area contributed by atoms with Gasteiger partial charge in [-0.2, -0.15) is 0 Å². The molecule has 4 aliphatic rings. The third-order valence-electron chi connectivity index (χ3n) is 8.79. The minimum Gasteiger partial charge on any atom is -0.329 e. The van der Waals surface area contributed by atoms with Crippen LogP contribution in [0.2, 0.25) is 10.0 Å². The summed E-state index contributed by atoms with van der Waals surface area (Å²) in [5.41, 5.74) is 4.79. The van der Waals surface area contributed by atoms with Crippen molar-refractivity contribution in [2.75, 3.05) is 13.1 Å². The second kappa shape index (κ2) is 13.5. The van der Waals surface area contributed by atoms with Gasteiger partial charge in [0.15, 0.2) is 0 Å². The summed E-state index contributed by atoms with van der Waals surface area (Å²) in [6.45, 7) is 0.148. The Bertz CT molecular complexity index is 1790. The first-order valence-corrected chi connectivity index (χ1v) is 15.9. The Morgan fingerprint density at radius 2 is 1.04 bits per heavy atom. The maximum atomic E-state index is 13.2. The average molecular weight is 708 g/mol. The maximum absolute atomic E-state index is 13.2. The van der Waals surface area contributed by atoms with E-state index in [9.17, 15) is 28.0 Å². The number of hydrogen-bond acceptors (Lipinski definition) is 6. The van der Waals surface area contributed by atoms with E-state index in [1.165, 1.54) is 34.1 Å². The van der Waals surface area contributed by atoms with E-state index in [0.29, 0.717) is 11.4 Å². The van der Waals surface area contributed by atoms with Gasteiger partial charge in [0.25, 0.3) is 0 Å². The Labute approximate surface area is 290 Å². The Kier molecular flexibility index (Phi) is 9.37. The molecule has 252 valence electrons. The average Bonchev–Trinajstić information content (AvgIpc) is 3.99. The summed E-state index contributed by atoms with van der Waals surface area (Å²) in [5.74, 6) is -1.05. The number of urea groups is 2. The number of imide groups is 2. The van der Waals surface area contributed by atoms with Crippen molar-refractivity contribution in [2.24, 2.45) is 0 Å². The molecule has 2 aromatic heterocycles. The van der Waals surface area contributed by atoms with Crippen LogP contribution in [-0.4, -0.2) is 68.8 Å². The summed E-state index contributed by atoms with van der Waals surface area (Å²) < 4.78 is 26.5. The topological polar surface area (TPSA) is 125 Å². The van der Waals surface area contributed by atoms with E-state index in [4.69, 9.17) is 23.2 Å². The van der Waals surface area contributed by atoms with Gasteiger partial charge in [-0.3, -0.25) is 29.4 Å². The fourth-order valence-electron chi connectivity index (χ4n) is 6.09. The van der Waals surface area contributed by atoms with E-state index in [-0.39, 0.29) is 78.4 Å². The third-order valence-corrected chi connectivity index (χ3v) is 9.37. The van der Waals surface area contributed by atoms with Crippen LogP contribution in [-0.2, 0) is 9.59 Å². The summed E-state index contributed by atoms with van der Waals surface area (Å²) in [7, 11) is 0. The zero-order valence-electron chi connectivity index (χ0n) is 25.0. The van der Waals surface area contributed by atoms with E-state index in [2.05, 4.69) is 20.6 Å². The normalized spacial score (nSPS) is 22.2. The number of aromatic nitrogens is 2. The third kappa shape index (κ3) is 6.83. The molecule has 6 amide bonds. The lowest BCUT2D eigenvalue weighted by Crippen LogP contribution is -2.33. The lowest BCUT2D eigenvalue weighted by molar-refractivity contribution is -0.126. The van der Waals surface area contributed by atoms with Crippen molar-refractivity contribution >= 4 is 47.1 Å². The number of carbonyl (C=O) groups is 4. The number of nitrogens with zero attached hydrogens (tertiary/aromatic N) is 4. The summed E-state index contributed by atoms with van der Waals surface area (Å²) >= 11 is 11.6. The van der Waals surface area contributed by atoms with Crippen LogP contribution in [0.15, 0.2) is 73.1 Å². The van der Waals surface area contributed by atoms with E-state index < -0.39 is 11.6 Å². The van der Waals surface area contributed by atoms with Crippen molar-refractivity contribution in [1.29, 1.82) is 0 Å². The quantitative estimate of drug-likeness (QED) is 0.220. The molecular formula is C35H30Cl2F2N6O4. The molecule has 49 heavy (non-hydrogen) atoms. The number of carbonyl (C=O) groups excluding carboxylic acids is 4. The lowest BCUT2D eigenvalue weighted by Gasteiger charge is -2.12. The molecule has 2 aliphatic heterocycles. The van der Waals surface area contributed by atoms with Gasteiger partial charge in [-0.1, -0.05) is 42.8 Å². The summed E-state index contributed by atoms with van der Waals surface area (Å²) in [6, 6.07) is 15.6. The molecule has 0 radical (unpaired) electrons. The first-order valence-electron chi connectivity index (χ1n) is 15.1. The van der Waals surface area contributed by atoms with Gasteiger partial charge in [-0.25, -0.2) is 18.4 Å². The highest BCUT2D eigenvalue weighted by atomic mass is 35.5. The number of rotatable bonds is 6. The molecule has 2 saturated heterocycles. The Hall–Kier alpha value is -4.94. The maximum Gasteiger partial charge on any atom is 0.324 e. The van der Waals surface area contributed by atoms with E-state index in [1.54, 1.807) is 24.5 Å². The minimum atomic E-state index is -0.466. The smallest absolute Gasteiger partial charge is 0.324 e. The fourth-order valence-corrected chi connectivity index (χ4v) is 6.45. The molecule has 4 aromatic rings. The van der Waals surface area contributed by atoms with Crippen molar-refractivity contribution in [2.45, 2.75) is 44.2 Å². The van der Waals surface area contributed by atoms with Gasteiger partial charge in [0, 0.05) is 47.4 Å². The molecule has 14 heteroatoms. The summed E-state index contributed by atoms with van der Waals surface area (Å²) in [4.78, 5) is 58.2. The van der Waals surface area contributed by atoms with Gasteiger partial charge in [0.05, 0.1) is 34.5 Å². The van der Waals surface area contributed by atoms with E-state index in [0.717, 1.165) is 35.1 Å². The molecule has 4 heterocycles. The number of pyridine rings is 2. The molecule has 0 unspecified atom stereocenters. The number of benzene rings is 2. The van der Waals surface area contributed by atoms with Gasteiger partial charge in [0.1, 0.15) is 11.6 Å². The first kappa shape index (κ1) is 33.9. The second-order valence-electron chi connectivity index (χ2n) is 11.9. The lowest BCUT2D eigenvalue weighted by atomic mass is 10.1. The van der Waals surface area contributed by atoms with Crippen LogP contribution in [0.4, 0.5) is 18.4 Å². The minimum absolute atomic E-state index is 0. The Morgan fingerprint density at radius 3 is 1.35 bits per heavy atom. The number of halogens is 4. The van der Waals surface area contributed by atoms with Crippen LogP contribution in [0.3, 0.4) is 0 Å². The van der Waals surface area contributed by atoms with Crippen LogP contribution in [0.25, 0.3) is 22.5 Å². The van der Waals surface area contributed by atoms with Crippen LogP contribution >= 0.6 is 23.2 Å². The Balaban J connectivity index is 0.000000167. The van der Waals surface area contributed by atoms with E-state index >= 15 is 0 Å². The van der Waals surface area contributed by atoms with Gasteiger partial charge in [0.2, 0.25) is 11.8 Å². The molecular weight excluding hydrogens is 677 g/mol. The van der Waals surface area contributed by atoms with Gasteiger partial charge in [-0.05, 0) is 72.5 Å². The molecule has 2 saturated carbocycles. The van der Waals surface area contributed by atoms with Gasteiger partial charge in [-0.15, -0.1) is 0 Å². The van der Waals surface area contributed by atoms with Gasteiger partial charge < -0.3 is 10.6 Å². The number of amides is 6. The molecule has 2 aromatic carbocycles. The van der Waals surface area contributed by atoms with Crippen molar-refractivity contribution < 1.29 is 28.0 Å². The highest BCUT2D eigenvalue weighted by molar-refractivity contribution is 6.31. The highest BCUT2D eigenvalue weighted by Gasteiger charge is 2.50. The predicted octanol–water partition coefficient (Wildman–Crippen LogP) is 6.53. The molecule has 2 N–H and O–H groups in total. The van der Waals surface area contributed by atoms with Crippen molar-refractivity contribution in [3.05, 3.63) is 106 Å². The zero-order chi connectivity index (χ0) is 33.7. The van der Waals surface area contributed by atoms with Crippen molar-refractivity contribution in [3.63, 3.8) is 0 Å². The van der Waals surface area contributed by atoms with E-state index in [1.807, 2.05) is 24.3 Å². The van der Waals surface area contributed by atoms with Crippen LogP contribution < -0.4 is 10.6 Å². The predicted molar refractivity (Wildman–Crippen MR) is 179 cm³/mol.